The van der Waals surface area contributed by atoms with Crippen molar-refractivity contribution in [3.8, 4) is 0 Å². The van der Waals surface area contributed by atoms with Crippen LogP contribution in [0.1, 0.15) is 52.4 Å². The third-order valence-corrected chi connectivity index (χ3v) is 5.40. The van der Waals surface area contributed by atoms with Gasteiger partial charge in [0.05, 0.1) is 12.0 Å². The molecular weight excluding hydrogens is 272 g/mol. The maximum Gasteiger partial charge on any atom is 0.162 e. The lowest BCUT2D eigenvalue weighted by molar-refractivity contribution is 0.0258. The number of unbranched alkanes of at least 4 members (excludes halogenated alkanes) is 2. The van der Waals surface area contributed by atoms with Gasteiger partial charge in [-0.05, 0) is 32.0 Å². The zero-order chi connectivity index (χ0) is 14.7. The molecule has 0 rings (SSSR count). The van der Waals surface area contributed by atoms with Crippen LogP contribution in [0, 0.1) is 5.92 Å². The third-order valence-electron chi connectivity index (χ3n) is 3.54. The molecular formula is C15H32O2SSi. The van der Waals surface area contributed by atoms with Gasteiger partial charge in [0.2, 0.25) is 0 Å². The van der Waals surface area contributed by atoms with E-state index in [2.05, 4.69) is 20.0 Å². The lowest BCUT2D eigenvalue weighted by atomic mass is 9.93. The number of hydrogen-bond acceptors (Lipinski definition) is 2. The molecule has 0 saturated heterocycles. The Bertz CT molecular complexity index is 234. The molecule has 2 nitrogen and oxygen atoms in total. The molecule has 4 heteroatoms. The molecule has 0 amide bonds. The molecule has 114 valence electrons. The summed E-state index contributed by atoms with van der Waals surface area (Å²) in [5, 5.41) is 9.95. The first kappa shape index (κ1) is 19.1. The van der Waals surface area contributed by atoms with Crippen LogP contribution in [0.4, 0.5) is 0 Å². The number of aliphatic hydroxyl groups excluding tert-OH is 1. The van der Waals surface area contributed by atoms with Gasteiger partial charge in [0, 0.05) is 15.4 Å². The molecule has 0 aliphatic heterocycles. The predicted molar refractivity (Wildman–Crippen MR) is 91.2 cm³/mol. The monoisotopic (exact) mass is 304 g/mol. The first-order chi connectivity index (χ1) is 9.02. The van der Waals surface area contributed by atoms with Gasteiger partial charge in [0.25, 0.3) is 0 Å². The lowest BCUT2D eigenvalue weighted by Crippen LogP contribution is -2.30. The first-order valence-corrected chi connectivity index (χ1v) is 11.4. The first-order valence-electron chi connectivity index (χ1n) is 7.87. The van der Waals surface area contributed by atoms with Crippen molar-refractivity contribution in [2.75, 3.05) is 6.61 Å². The Kier molecular flexibility index (Phi) is 11.9. The number of hydrogen-bond donors (Lipinski definition) is 1. The van der Waals surface area contributed by atoms with E-state index in [1.807, 2.05) is 6.92 Å². The fourth-order valence-corrected chi connectivity index (χ4v) is 3.75. The highest BCUT2D eigenvalue weighted by Crippen LogP contribution is 2.23. The average molecular weight is 305 g/mol. The van der Waals surface area contributed by atoms with Crippen LogP contribution in [0.25, 0.3) is 0 Å². The van der Waals surface area contributed by atoms with Gasteiger partial charge in [-0.1, -0.05) is 51.7 Å². The highest BCUT2D eigenvalue weighted by Gasteiger charge is 2.25. The average Bonchev–Trinajstić information content (AvgIpc) is 2.33. The van der Waals surface area contributed by atoms with Crippen LogP contribution in [-0.2, 0) is 4.74 Å². The molecule has 0 aromatic rings. The molecule has 0 aromatic heterocycles. The van der Waals surface area contributed by atoms with E-state index in [0.717, 1.165) is 12.8 Å². The minimum atomic E-state index is -0.501. The molecule has 19 heavy (non-hydrogen) atoms. The van der Waals surface area contributed by atoms with E-state index in [9.17, 15) is 5.11 Å². The molecule has 0 aliphatic carbocycles. The second kappa shape index (κ2) is 11.9. The maximum atomic E-state index is 9.79. The van der Waals surface area contributed by atoms with Gasteiger partial charge in [-0.15, -0.1) is 0 Å². The number of thiocarbonyl (C=S) groups is 1. The summed E-state index contributed by atoms with van der Waals surface area (Å²) in [6, 6.07) is 1.33. The van der Waals surface area contributed by atoms with Crippen LogP contribution in [0.2, 0.25) is 19.1 Å². The van der Waals surface area contributed by atoms with Gasteiger partial charge >= 0.3 is 0 Å². The molecule has 0 spiro atoms. The minimum absolute atomic E-state index is 0.0551. The molecule has 0 heterocycles. The maximum absolute atomic E-state index is 9.79. The summed E-state index contributed by atoms with van der Waals surface area (Å²) in [7, 11) is -0.501. The largest absolute Gasteiger partial charge is 0.502 e. The van der Waals surface area contributed by atoms with E-state index in [-0.39, 0.29) is 17.1 Å². The van der Waals surface area contributed by atoms with E-state index in [0.29, 0.717) is 6.61 Å². The second-order valence-electron chi connectivity index (χ2n) is 5.76. The molecule has 0 saturated carbocycles. The summed E-state index contributed by atoms with van der Waals surface area (Å²) in [5.41, 5.74) is 0. The minimum Gasteiger partial charge on any atom is -0.502 e. The van der Waals surface area contributed by atoms with Crippen LogP contribution in [0.5, 0.6) is 0 Å². The van der Waals surface area contributed by atoms with Crippen LogP contribution in [0.3, 0.4) is 0 Å². The fourth-order valence-electron chi connectivity index (χ4n) is 2.42. The second-order valence-corrected chi connectivity index (χ2v) is 9.54. The number of aliphatic hydroxyl groups is 1. The summed E-state index contributed by atoms with van der Waals surface area (Å²) in [5.74, 6) is 0.0551. The smallest absolute Gasteiger partial charge is 0.162 e. The quantitative estimate of drug-likeness (QED) is 0.321. The zero-order valence-corrected chi connectivity index (χ0v) is 15.1. The van der Waals surface area contributed by atoms with Crippen LogP contribution >= 0.6 is 12.2 Å². The Morgan fingerprint density at radius 3 is 2.32 bits per heavy atom. The standard InChI is InChI=1S/C15H32O2SSi/c1-5-7-8-11-14(17-6-2)13(15(16)18)10-9-12-19(3)4/h13-14,19H,5-12H2,1-4H3,(H,16,18). The molecule has 0 aliphatic rings. The Morgan fingerprint density at radius 1 is 1.16 bits per heavy atom. The van der Waals surface area contributed by atoms with Crippen molar-refractivity contribution in [2.24, 2.45) is 5.92 Å². The van der Waals surface area contributed by atoms with Gasteiger partial charge in [-0.3, -0.25) is 0 Å². The molecule has 0 radical (unpaired) electrons. The van der Waals surface area contributed by atoms with Gasteiger partial charge in [-0.25, -0.2) is 0 Å². The van der Waals surface area contributed by atoms with Crippen LogP contribution < -0.4 is 0 Å². The van der Waals surface area contributed by atoms with E-state index in [4.69, 9.17) is 17.0 Å². The predicted octanol–water partition coefficient (Wildman–Crippen LogP) is 4.74. The summed E-state index contributed by atoms with van der Waals surface area (Å²) in [4.78, 5) is 0. The number of rotatable bonds is 12. The summed E-state index contributed by atoms with van der Waals surface area (Å²) >= 11 is 5.05. The van der Waals surface area contributed by atoms with Gasteiger partial charge in [0.1, 0.15) is 0 Å². The van der Waals surface area contributed by atoms with E-state index in [1.54, 1.807) is 0 Å². The zero-order valence-electron chi connectivity index (χ0n) is 13.2. The Hall–Kier alpha value is 0.0669. The van der Waals surface area contributed by atoms with Crippen LogP contribution in [0.15, 0.2) is 0 Å². The highest BCUT2D eigenvalue weighted by molar-refractivity contribution is 7.80. The van der Waals surface area contributed by atoms with E-state index < -0.39 is 8.80 Å². The van der Waals surface area contributed by atoms with E-state index in [1.165, 1.54) is 31.7 Å². The highest BCUT2D eigenvalue weighted by atomic mass is 32.1. The van der Waals surface area contributed by atoms with Crippen LogP contribution in [-0.4, -0.2) is 31.7 Å². The Labute approximate surface area is 126 Å². The third kappa shape index (κ3) is 9.58. The molecule has 0 fully saturated rings. The molecule has 1 N–H and O–H groups in total. The van der Waals surface area contributed by atoms with Crippen molar-refractivity contribution in [1.82, 2.24) is 0 Å². The fraction of sp³-hybridized carbons (Fsp3) is 0.933. The normalized spacial score (nSPS) is 14.6. The Balaban J connectivity index is 4.35. The van der Waals surface area contributed by atoms with E-state index >= 15 is 0 Å². The summed E-state index contributed by atoms with van der Waals surface area (Å²) < 4.78 is 5.83. The van der Waals surface area contributed by atoms with Crippen molar-refractivity contribution < 1.29 is 9.84 Å². The van der Waals surface area contributed by atoms with Crippen molar-refractivity contribution in [2.45, 2.75) is 77.6 Å². The Morgan fingerprint density at radius 2 is 1.84 bits per heavy atom. The topological polar surface area (TPSA) is 29.5 Å². The SMILES string of the molecule is CCCCCC(OCC)C(CCC[SiH](C)C)C(O)=S. The van der Waals surface area contributed by atoms with Crippen molar-refractivity contribution >= 4 is 26.1 Å². The summed E-state index contributed by atoms with van der Waals surface area (Å²) in [6.07, 6.45) is 6.90. The summed E-state index contributed by atoms with van der Waals surface area (Å²) in [6.45, 7) is 9.67. The van der Waals surface area contributed by atoms with Crippen molar-refractivity contribution in [3.63, 3.8) is 0 Å². The van der Waals surface area contributed by atoms with Gasteiger partial charge < -0.3 is 9.84 Å². The number of ether oxygens (including phenoxy) is 1. The van der Waals surface area contributed by atoms with Gasteiger partial charge in [0.15, 0.2) is 5.05 Å². The molecule has 2 unspecified atom stereocenters. The van der Waals surface area contributed by atoms with Crippen molar-refractivity contribution in [3.05, 3.63) is 0 Å². The lowest BCUT2D eigenvalue weighted by Gasteiger charge is -2.25. The molecule has 0 bridgehead atoms. The molecule has 0 aromatic carbocycles. The van der Waals surface area contributed by atoms with Crippen molar-refractivity contribution in [1.29, 1.82) is 0 Å². The van der Waals surface area contributed by atoms with Gasteiger partial charge in [-0.2, -0.15) is 0 Å². The molecule has 2 atom stereocenters.